The summed E-state index contributed by atoms with van der Waals surface area (Å²) in [7, 11) is -4.33. The number of rotatable bonds is 3. The molecule has 0 aliphatic heterocycles. The second-order valence-corrected chi connectivity index (χ2v) is 5.14. The molecule has 0 aliphatic rings. The zero-order chi connectivity index (χ0) is 13.0. The molecule has 0 spiro atoms. The van der Waals surface area contributed by atoms with Gasteiger partial charge in [0.05, 0.1) is 11.0 Å². The van der Waals surface area contributed by atoms with Gasteiger partial charge < -0.3 is 9.79 Å². The molecule has 0 atom stereocenters. The van der Waals surface area contributed by atoms with E-state index in [-0.39, 0.29) is 11.0 Å². The summed E-state index contributed by atoms with van der Waals surface area (Å²) < 4.78 is 11.3. The molecule has 2 aromatic rings. The molecule has 0 fully saturated rings. The number of nitrogens with zero attached hydrogens (tertiary/aromatic N) is 2. The van der Waals surface area contributed by atoms with Gasteiger partial charge in [0.25, 0.3) is 0 Å². The summed E-state index contributed by atoms with van der Waals surface area (Å²) in [6.45, 7) is 0. The molecule has 0 amide bonds. The Kier molecular flexibility index (Phi) is 3.67. The summed E-state index contributed by atoms with van der Waals surface area (Å²) in [5.74, 6) is 0. The lowest BCUT2D eigenvalue weighted by atomic mass is 10.3. The Morgan fingerprint density at radius 1 is 0.833 bits per heavy atom. The highest BCUT2D eigenvalue weighted by atomic mass is 31.2. The zero-order valence-electron chi connectivity index (χ0n) is 9.34. The van der Waals surface area contributed by atoms with Gasteiger partial charge >= 0.3 is 7.60 Å². The van der Waals surface area contributed by atoms with Gasteiger partial charge in [-0.15, -0.1) is 5.11 Å². The molecule has 0 saturated carbocycles. The molecule has 6 heteroatoms. The molecule has 0 aromatic heterocycles. The van der Waals surface area contributed by atoms with Crippen LogP contribution in [0.15, 0.2) is 64.8 Å². The lowest BCUT2D eigenvalue weighted by Crippen LogP contribution is -2.03. The molecule has 0 aliphatic carbocycles. The summed E-state index contributed by atoms with van der Waals surface area (Å²) in [6, 6.07) is 15.0. The van der Waals surface area contributed by atoms with Crippen LogP contribution in [0.4, 0.5) is 11.4 Å². The van der Waals surface area contributed by atoms with Gasteiger partial charge in [0.2, 0.25) is 0 Å². The molecule has 2 N–H and O–H groups in total. The summed E-state index contributed by atoms with van der Waals surface area (Å²) in [5.41, 5.74) is 0.799. The fraction of sp³-hybridized carbons (Fsp3) is 0. The summed E-state index contributed by atoms with van der Waals surface area (Å²) in [5, 5.41) is 7.69. The van der Waals surface area contributed by atoms with Crippen molar-refractivity contribution in [3.05, 3.63) is 54.6 Å². The van der Waals surface area contributed by atoms with Gasteiger partial charge in [-0.25, -0.2) is 0 Å². The first kappa shape index (κ1) is 12.6. The van der Waals surface area contributed by atoms with E-state index < -0.39 is 7.60 Å². The lowest BCUT2D eigenvalue weighted by molar-refractivity contribution is 0.387. The van der Waals surface area contributed by atoms with Crippen LogP contribution >= 0.6 is 7.60 Å². The van der Waals surface area contributed by atoms with Crippen LogP contribution in [0, 0.1) is 0 Å². The van der Waals surface area contributed by atoms with Crippen molar-refractivity contribution in [3.8, 4) is 0 Å². The van der Waals surface area contributed by atoms with Crippen molar-refractivity contribution in [2.24, 2.45) is 10.2 Å². The standard InChI is InChI=1S/C12H11N2O3P/c15-18(16,17)12-9-5-4-8-11(12)14-13-10-6-2-1-3-7-10/h1-9H,(H2,15,16,17)/b14-13+. The summed E-state index contributed by atoms with van der Waals surface area (Å²) in [4.78, 5) is 18.4. The number of hydrogen-bond donors (Lipinski definition) is 2. The van der Waals surface area contributed by atoms with Gasteiger partial charge in [0, 0.05) is 0 Å². The van der Waals surface area contributed by atoms with Crippen molar-refractivity contribution >= 4 is 24.3 Å². The van der Waals surface area contributed by atoms with E-state index >= 15 is 0 Å². The Morgan fingerprint density at radius 3 is 2.11 bits per heavy atom. The first-order valence-corrected chi connectivity index (χ1v) is 6.80. The van der Waals surface area contributed by atoms with Crippen LogP contribution < -0.4 is 5.30 Å². The normalized spacial score (nSPS) is 11.9. The fourth-order valence-corrected chi connectivity index (χ4v) is 2.10. The Hall–Kier alpha value is -1.81. The van der Waals surface area contributed by atoms with Gasteiger partial charge in [-0.2, -0.15) is 5.11 Å². The molecule has 0 radical (unpaired) electrons. The largest absolute Gasteiger partial charge is 0.358 e. The molecular weight excluding hydrogens is 251 g/mol. The Labute approximate surface area is 104 Å². The molecular formula is C12H11N2O3P. The van der Waals surface area contributed by atoms with Gasteiger partial charge in [0.15, 0.2) is 0 Å². The minimum Gasteiger partial charge on any atom is -0.321 e. The quantitative estimate of drug-likeness (QED) is 0.659. The van der Waals surface area contributed by atoms with Crippen molar-refractivity contribution in [3.63, 3.8) is 0 Å². The van der Waals surface area contributed by atoms with Crippen LogP contribution in [-0.4, -0.2) is 9.79 Å². The maximum Gasteiger partial charge on any atom is 0.358 e. The minimum absolute atomic E-state index is 0.121. The van der Waals surface area contributed by atoms with E-state index in [0.717, 1.165) is 0 Å². The van der Waals surface area contributed by atoms with Crippen molar-refractivity contribution < 1.29 is 14.4 Å². The highest BCUT2D eigenvalue weighted by molar-refractivity contribution is 7.60. The predicted octanol–water partition coefficient (Wildman–Crippen LogP) is 2.91. The molecule has 5 nitrogen and oxygen atoms in total. The van der Waals surface area contributed by atoms with Gasteiger partial charge in [-0.3, -0.25) is 4.57 Å². The first-order chi connectivity index (χ1) is 8.57. The Bertz CT molecular complexity index is 608. The van der Waals surface area contributed by atoms with E-state index in [2.05, 4.69) is 10.2 Å². The van der Waals surface area contributed by atoms with E-state index in [9.17, 15) is 14.4 Å². The Morgan fingerprint density at radius 2 is 1.44 bits per heavy atom. The topological polar surface area (TPSA) is 82.2 Å². The third-order valence-electron chi connectivity index (χ3n) is 2.22. The van der Waals surface area contributed by atoms with E-state index in [1.807, 2.05) is 18.2 Å². The van der Waals surface area contributed by atoms with Crippen molar-refractivity contribution in [2.45, 2.75) is 0 Å². The Balaban J connectivity index is 2.36. The van der Waals surface area contributed by atoms with E-state index in [1.165, 1.54) is 12.1 Å². The predicted molar refractivity (Wildman–Crippen MR) is 68.7 cm³/mol. The van der Waals surface area contributed by atoms with E-state index in [1.54, 1.807) is 24.3 Å². The van der Waals surface area contributed by atoms with Crippen LogP contribution in [-0.2, 0) is 4.57 Å². The average Bonchev–Trinajstić information content (AvgIpc) is 2.37. The van der Waals surface area contributed by atoms with Crippen LogP contribution in [0.5, 0.6) is 0 Å². The molecule has 2 aromatic carbocycles. The van der Waals surface area contributed by atoms with Gasteiger partial charge in [0.1, 0.15) is 5.69 Å². The molecule has 0 heterocycles. The van der Waals surface area contributed by atoms with Gasteiger partial charge in [-0.1, -0.05) is 30.3 Å². The van der Waals surface area contributed by atoms with Crippen LogP contribution in [0.1, 0.15) is 0 Å². The summed E-state index contributed by atoms with van der Waals surface area (Å²) in [6.07, 6.45) is 0. The van der Waals surface area contributed by atoms with Crippen LogP contribution in [0.3, 0.4) is 0 Å². The SMILES string of the molecule is O=P(O)(O)c1ccccc1/N=N/c1ccccc1. The maximum atomic E-state index is 11.3. The van der Waals surface area contributed by atoms with E-state index in [0.29, 0.717) is 5.69 Å². The first-order valence-electron chi connectivity index (χ1n) is 5.19. The van der Waals surface area contributed by atoms with Crippen molar-refractivity contribution in [2.75, 3.05) is 0 Å². The number of azo groups is 1. The maximum absolute atomic E-state index is 11.3. The molecule has 0 bridgehead atoms. The monoisotopic (exact) mass is 262 g/mol. The molecule has 2 rings (SSSR count). The zero-order valence-corrected chi connectivity index (χ0v) is 10.2. The average molecular weight is 262 g/mol. The van der Waals surface area contributed by atoms with Crippen molar-refractivity contribution in [1.29, 1.82) is 0 Å². The molecule has 0 unspecified atom stereocenters. The van der Waals surface area contributed by atoms with E-state index in [4.69, 9.17) is 0 Å². The highest BCUT2D eigenvalue weighted by Crippen LogP contribution is 2.37. The fourth-order valence-electron chi connectivity index (χ4n) is 1.40. The molecule has 0 saturated heterocycles. The second kappa shape index (κ2) is 5.23. The highest BCUT2D eigenvalue weighted by Gasteiger charge is 2.20. The minimum atomic E-state index is -4.33. The van der Waals surface area contributed by atoms with Crippen molar-refractivity contribution in [1.82, 2.24) is 0 Å². The van der Waals surface area contributed by atoms with Crippen LogP contribution in [0.25, 0.3) is 0 Å². The molecule has 92 valence electrons. The number of benzene rings is 2. The second-order valence-electron chi connectivity index (χ2n) is 3.57. The van der Waals surface area contributed by atoms with Crippen LogP contribution in [0.2, 0.25) is 0 Å². The number of hydrogen-bond acceptors (Lipinski definition) is 3. The summed E-state index contributed by atoms with van der Waals surface area (Å²) >= 11 is 0. The van der Waals surface area contributed by atoms with Gasteiger partial charge in [-0.05, 0) is 24.3 Å². The smallest absolute Gasteiger partial charge is 0.321 e. The lowest BCUT2D eigenvalue weighted by Gasteiger charge is -2.05. The third kappa shape index (κ3) is 3.11. The third-order valence-corrected chi connectivity index (χ3v) is 3.23. The molecule has 18 heavy (non-hydrogen) atoms.